The number of nitrogens with one attached hydrogen (secondary N) is 1. The molecule has 0 saturated carbocycles. The third-order valence-corrected chi connectivity index (χ3v) is 6.50. The highest BCUT2D eigenvalue weighted by atomic mass is 35.5. The maximum absolute atomic E-state index is 10.5. The predicted octanol–water partition coefficient (Wildman–Crippen LogP) is 3.25. The third-order valence-electron chi connectivity index (χ3n) is 6.11. The number of aryl methyl sites for hydroxylation is 2. The van der Waals surface area contributed by atoms with Gasteiger partial charge in [-0.1, -0.05) is 48.0 Å². The topological polar surface area (TPSA) is 37.1 Å². The van der Waals surface area contributed by atoms with E-state index in [-0.39, 0.29) is 6.61 Å². The van der Waals surface area contributed by atoms with Gasteiger partial charge in [0.25, 0.3) is 0 Å². The molecule has 1 saturated heterocycles. The summed E-state index contributed by atoms with van der Waals surface area (Å²) >= 11 is 6.49. The van der Waals surface area contributed by atoms with Crippen molar-refractivity contribution in [1.29, 1.82) is 0 Å². The molecule has 158 valence electrons. The summed E-state index contributed by atoms with van der Waals surface area (Å²) in [5.41, 5.74) is 3.96. The highest BCUT2D eigenvalue weighted by Gasteiger charge is 2.23. The van der Waals surface area contributed by atoms with Crippen LogP contribution in [0.5, 0.6) is 5.75 Å². The Morgan fingerprint density at radius 3 is 2.57 bits per heavy atom. The van der Waals surface area contributed by atoms with Gasteiger partial charge in [0, 0.05) is 11.1 Å². The molecule has 0 unspecified atom stereocenters. The average molecular weight is 426 g/mol. The number of fused-ring (bicyclic) bond motifs is 1. The number of hydrogen-bond donors (Lipinski definition) is 2. The van der Waals surface area contributed by atoms with Crippen LogP contribution in [0.1, 0.15) is 11.1 Å². The average Bonchev–Trinajstić information content (AvgIpc) is 2.76. The highest BCUT2D eigenvalue weighted by molar-refractivity contribution is 6.37. The van der Waals surface area contributed by atoms with Gasteiger partial charge in [-0.2, -0.15) is 0 Å². The van der Waals surface area contributed by atoms with Crippen molar-refractivity contribution >= 4 is 28.1 Å². The van der Waals surface area contributed by atoms with Crippen molar-refractivity contribution in [2.24, 2.45) is 0 Å². The minimum Gasteiger partial charge on any atom is -0.489 e. The number of hydrogen-bond acceptors (Lipinski definition) is 3. The number of aliphatic hydroxyl groups is 1. The number of anilines is 1. The molecule has 0 aliphatic carbocycles. The molecule has 4 nitrogen and oxygen atoms in total. The zero-order valence-electron chi connectivity index (χ0n) is 17.7. The van der Waals surface area contributed by atoms with Crippen LogP contribution in [0, 0.1) is 13.8 Å². The van der Waals surface area contributed by atoms with E-state index in [4.69, 9.17) is 16.3 Å². The Bertz CT molecular complexity index is 1020. The van der Waals surface area contributed by atoms with Crippen LogP contribution in [-0.4, -0.2) is 50.5 Å². The number of benzene rings is 3. The molecule has 5 heteroatoms. The lowest BCUT2D eigenvalue weighted by atomic mass is 10.1. The fourth-order valence-corrected chi connectivity index (χ4v) is 4.40. The Morgan fingerprint density at radius 2 is 1.80 bits per heavy atom. The Kier molecular flexibility index (Phi) is 6.47. The second-order valence-corrected chi connectivity index (χ2v) is 8.65. The van der Waals surface area contributed by atoms with E-state index in [0.717, 1.165) is 37.0 Å². The normalized spacial score (nSPS) is 16.1. The van der Waals surface area contributed by atoms with Crippen LogP contribution < -0.4 is 14.5 Å². The quantitative estimate of drug-likeness (QED) is 0.636. The molecule has 1 heterocycles. The van der Waals surface area contributed by atoms with Crippen LogP contribution >= 0.6 is 11.6 Å². The van der Waals surface area contributed by atoms with E-state index in [2.05, 4.69) is 36.9 Å². The van der Waals surface area contributed by atoms with Gasteiger partial charge in [0.15, 0.2) is 0 Å². The van der Waals surface area contributed by atoms with Crippen LogP contribution in [0.25, 0.3) is 10.8 Å². The number of rotatable bonds is 6. The number of halogens is 1. The Labute approximate surface area is 183 Å². The largest absolute Gasteiger partial charge is 0.489 e. The summed E-state index contributed by atoms with van der Waals surface area (Å²) in [6, 6.07) is 18.5. The molecule has 30 heavy (non-hydrogen) atoms. The van der Waals surface area contributed by atoms with Crippen molar-refractivity contribution in [3.05, 3.63) is 70.7 Å². The smallest absolute Gasteiger partial charge is 0.138 e. The molecular formula is C25H30ClN2O2+. The van der Waals surface area contributed by atoms with Gasteiger partial charge in [0.05, 0.1) is 31.2 Å². The molecule has 0 spiro atoms. The van der Waals surface area contributed by atoms with E-state index >= 15 is 0 Å². The zero-order valence-corrected chi connectivity index (χ0v) is 18.5. The summed E-state index contributed by atoms with van der Waals surface area (Å²) in [7, 11) is 0. The molecular weight excluding hydrogens is 396 g/mol. The lowest BCUT2D eigenvalue weighted by molar-refractivity contribution is -0.903. The van der Waals surface area contributed by atoms with E-state index < -0.39 is 6.10 Å². The summed E-state index contributed by atoms with van der Waals surface area (Å²) in [6.45, 7) is 9.29. The number of nitrogens with zero attached hydrogens (tertiary/aromatic N) is 1. The molecule has 2 N–H and O–H groups in total. The van der Waals surface area contributed by atoms with Gasteiger partial charge in [0.2, 0.25) is 0 Å². The van der Waals surface area contributed by atoms with Crippen molar-refractivity contribution in [2.75, 3.05) is 44.2 Å². The van der Waals surface area contributed by atoms with Crippen molar-refractivity contribution < 1.29 is 14.7 Å². The lowest BCUT2D eigenvalue weighted by Crippen LogP contribution is -3.16. The van der Waals surface area contributed by atoms with Crippen molar-refractivity contribution in [3.8, 4) is 5.75 Å². The van der Waals surface area contributed by atoms with Crippen LogP contribution in [0.15, 0.2) is 54.6 Å². The minimum atomic E-state index is -0.518. The standard InChI is InChI=1S/C25H29ClN2O2/c1-18-7-9-21(15-19(18)2)28-13-11-27(12-14-28)16-22(29)17-30-24-10-8-20-5-3-4-6-23(20)25(24)26/h3-10,15,22,29H,11-14,16-17H2,1-2H3/p+1/t22-/m0/s1. The molecule has 0 bridgehead atoms. The van der Waals surface area contributed by atoms with Gasteiger partial charge in [-0.3, -0.25) is 0 Å². The van der Waals surface area contributed by atoms with Gasteiger partial charge in [-0.25, -0.2) is 0 Å². The molecule has 1 aliphatic rings. The summed E-state index contributed by atoms with van der Waals surface area (Å²) in [4.78, 5) is 3.85. The van der Waals surface area contributed by atoms with Crippen molar-refractivity contribution in [2.45, 2.75) is 20.0 Å². The van der Waals surface area contributed by atoms with Crippen LogP contribution in [-0.2, 0) is 0 Å². The molecule has 0 amide bonds. The van der Waals surface area contributed by atoms with E-state index in [0.29, 0.717) is 17.3 Å². The van der Waals surface area contributed by atoms with Crippen LogP contribution in [0.2, 0.25) is 5.02 Å². The first-order valence-electron chi connectivity index (χ1n) is 10.6. The van der Waals surface area contributed by atoms with Crippen LogP contribution in [0.3, 0.4) is 0 Å². The van der Waals surface area contributed by atoms with Gasteiger partial charge in [-0.15, -0.1) is 0 Å². The molecule has 3 aromatic carbocycles. The lowest BCUT2D eigenvalue weighted by Gasteiger charge is -2.34. The van der Waals surface area contributed by atoms with Crippen molar-refractivity contribution in [3.63, 3.8) is 0 Å². The molecule has 1 fully saturated rings. The minimum absolute atomic E-state index is 0.252. The van der Waals surface area contributed by atoms with Gasteiger partial charge in [-0.05, 0) is 48.6 Å². The number of piperazine rings is 1. The molecule has 4 rings (SSSR count). The molecule has 3 aromatic rings. The molecule has 1 atom stereocenters. The third kappa shape index (κ3) is 4.72. The highest BCUT2D eigenvalue weighted by Crippen LogP contribution is 2.32. The summed E-state index contributed by atoms with van der Waals surface area (Å²) in [6.07, 6.45) is -0.518. The van der Waals surface area contributed by atoms with E-state index in [1.54, 1.807) is 0 Å². The molecule has 1 aliphatic heterocycles. The number of quaternary nitrogens is 1. The SMILES string of the molecule is Cc1ccc(N2CC[NH+](C[C@H](O)COc3ccc4ccccc4c3Cl)CC2)cc1C. The van der Waals surface area contributed by atoms with E-state index in [1.807, 2.05) is 36.4 Å². The first-order chi connectivity index (χ1) is 14.5. The Balaban J connectivity index is 1.27. The maximum atomic E-state index is 10.5. The fourth-order valence-electron chi connectivity index (χ4n) is 4.11. The maximum Gasteiger partial charge on any atom is 0.138 e. The van der Waals surface area contributed by atoms with Gasteiger partial charge in [0.1, 0.15) is 25.0 Å². The second kappa shape index (κ2) is 9.25. The first kappa shape index (κ1) is 21.0. The van der Waals surface area contributed by atoms with Crippen molar-refractivity contribution in [1.82, 2.24) is 0 Å². The number of ether oxygens (including phenoxy) is 1. The number of aliphatic hydroxyl groups excluding tert-OH is 1. The van der Waals surface area contributed by atoms with E-state index in [9.17, 15) is 5.11 Å². The molecule has 0 radical (unpaired) electrons. The first-order valence-corrected chi connectivity index (χ1v) is 11.0. The predicted molar refractivity (Wildman–Crippen MR) is 124 cm³/mol. The summed E-state index contributed by atoms with van der Waals surface area (Å²) in [5, 5.41) is 13.2. The Morgan fingerprint density at radius 1 is 1.03 bits per heavy atom. The summed E-state index contributed by atoms with van der Waals surface area (Å²) in [5.74, 6) is 0.629. The zero-order chi connectivity index (χ0) is 21.1. The van der Waals surface area contributed by atoms with Gasteiger partial charge < -0.3 is 19.6 Å². The summed E-state index contributed by atoms with van der Waals surface area (Å²) < 4.78 is 5.86. The Hall–Kier alpha value is -2.27. The fraction of sp³-hybridized carbons (Fsp3) is 0.360. The van der Waals surface area contributed by atoms with Gasteiger partial charge >= 0.3 is 0 Å². The second-order valence-electron chi connectivity index (χ2n) is 8.27. The molecule has 0 aromatic heterocycles. The van der Waals surface area contributed by atoms with Crippen LogP contribution in [0.4, 0.5) is 5.69 Å². The monoisotopic (exact) mass is 425 g/mol. The van der Waals surface area contributed by atoms with E-state index in [1.165, 1.54) is 21.7 Å².